The zero-order chi connectivity index (χ0) is 15.4. The van der Waals surface area contributed by atoms with E-state index in [-0.39, 0.29) is 0 Å². The molecular formula is C17H23ClN2O. The number of hydrogen-bond donors (Lipinski definition) is 1. The Kier molecular flexibility index (Phi) is 5.45. The molecule has 1 aromatic heterocycles. The van der Waals surface area contributed by atoms with E-state index in [0.717, 1.165) is 36.0 Å². The summed E-state index contributed by atoms with van der Waals surface area (Å²) in [7, 11) is 1.72. The normalized spacial score (nSPS) is 11.1. The minimum atomic E-state index is 0.728. The average Bonchev–Trinajstić information content (AvgIpc) is 2.73. The summed E-state index contributed by atoms with van der Waals surface area (Å²) < 4.78 is 7.30. The van der Waals surface area contributed by atoms with Gasteiger partial charge < -0.3 is 14.6 Å². The second kappa shape index (κ2) is 7.12. The Bertz CT molecular complexity index is 619. The molecule has 0 aliphatic carbocycles. The molecule has 0 aliphatic heterocycles. The predicted molar refractivity (Wildman–Crippen MR) is 88.6 cm³/mol. The van der Waals surface area contributed by atoms with Gasteiger partial charge in [-0.15, -0.1) is 0 Å². The van der Waals surface area contributed by atoms with Crippen LogP contribution in [0.1, 0.15) is 22.5 Å². The van der Waals surface area contributed by atoms with Crippen LogP contribution < -0.4 is 5.32 Å². The monoisotopic (exact) mass is 306 g/mol. The molecule has 0 amide bonds. The first kappa shape index (κ1) is 16.1. The molecule has 0 bridgehead atoms. The number of nitrogens with one attached hydrogen (secondary N) is 1. The van der Waals surface area contributed by atoms with Gasteiger partial charge in [-0.05, 0) is 50.1 Å². The van der Waals surface area contributed by atoms with E-state index in [1.807, 2.05) is 13.0 Å². The fraction of sp³-hybridized carbons (Fsp3) is 0.412. The zero-order valence-electron chi connectivity index (χ0n) is 13.2. The van der Waals surface area contributed by atoms with E-state index in [1.54, 1.807) is 7.11 Å². The topological polar surface area (TPSA) is 26.2 Å². The molecule has 2 aromatic rings. The summed E-state index contributed by atoms with van der Waals surface area (Å²) in [6, 6.07) is 8.43. The fourth-order valence-corrected chi connectivity index (χ4v) is 2.70. The number of halogens is 1. The molecule has 1 aromatic carbocycles. The van der Waals surface area contributed by atoms with Gasteiger partial charge in [0.05, 0.1) is 6.61 Å². The van der Waals surface area contributed by atoms with E-state index in [2.05, 4.69) is 41.9 Å². The molecule has 0 saturated carbocycles. The molecular weight excluding hydrogens is 284 g/mol. The lowest BCUT2D eigenvalue weighted by molar-refractivity contribution is 0.199. The molecule has 0 spiro atoms. The molecule has 1 heterocycles. The Morgan fingerprint density at radius 2 is 1.95 bits per heavy atom. The van der Waals surface area contributed by atoms with Crippen molar-refractivity contribution >= 4 is 11.6 Å². The minimum Gasteiger partial charge on any atom is -0.383 e. The standard InChI is InChI=1S/C17H23ClN2O/c1-12-5-6-16(10-17(12)18)20-13(2)9-15(14(20)3)11-19-7-8-21-4/h5-6,9-10,19H,7-8,11H2,1-4H3. The zero-order valence-corrected chi connectivity index (χ0v) is 13.9. The van der Waals surface area contributed by atoms with Gasteiger partial charge in [-0.3, -0.25) is 0 Å². The summed E-state index contributed by atoms with van der Waals surface area (Å²) in [6.45, 7) is 8.73. The maximum absolute atomic E-state index is 6.25. The number of aromatic nitrogens is 1. The molecule has 0 saturated heterocycles. The van der Waals surface area contributed by atoms with E-state index in [1.165, 1.54) is 17.0 Å². The minimum absolute atomic E-state index is 0.728. The summed E-state index contributed by atoms with van der Waals surface area (Å²) in [5.41, 5.74) is 5.99. The Morgan fingerprint density at radius 1 is 1.19 bits per heavy atom. The first-order valence-corrected chi connectivity index (χ1v) is 7.56. The van der Waals surface area contributed by atoms with Crippen LogP contribution in [0.15, 0.2) is 24.3 Å². The second-order valence-corrected chi connectivity index (χ2v) is 5.74. The van der Waals surface area contributed by atoms with Gasteiger partial charge in [0.15, 0.2) is 0 Å². The van der Waals surface area contributed by atoms with Gasteiger partial charge in [-0.2, -0.15) is 0 Å². The van der Waals surface area contributed by atoms with Crippen molar-refractivity contribution in [1.29, 1.82) is 0 Å². The molecule has 0 atom stereocenters. The van der Waals surface area contributed by atoms with Gasteiger partial charge in [0.25, 0.3) is 0 Å². The van der Waals surface area contributed by atoms with Crippen LogP contribution in [0, 0.1) is 20.8 Å². The molecule has 0 aliphatic rings. The molecule has 0 radical (unpaired) electrons. The number of methoxy groups -OCH3 is 1. The molecule has 3 nitrogen and oxygen atoms in total. The van der Waals surface area contributed by atoms with Crippen LogP contribution in [0.4, 0.5) is 0 Å². The van der Waals surface area contributed by atoms with Gasteiger partial charge in [0.1, 0.15) is 0 Å². The highest BCUT2D eigenvalue weighted by atomic mass is 35.5. The lowest BCUT2D eigenvalue weighted by atomic mass is 10.2. The molecule has 4 heteroatoms. The summed E-state index contributed by atoms with van der Waals surface area (Å²) in [4.78, 5) is 0. The largest absolute Gasteiger partial charge is 0.383 e. The van der Waals surface area contributed by atoms with Gasteiger partial charge in [0.2, 0.25) is 0 Å². The van der Waals surface area contributed by atoms with Crippen molar-refractivity contribution in [2.75, 3.05) is 20.3 Å². The highest BCUT2D eigenvalue weighted by Crippen LogP contribution is 2.24. The third-order valence-electron chi connectivity index (χ3n) is 3.75. The Labute approximate surface area is 131 Å². The molecule has 0 unspecified atom stereocenters. The van der Waals surface area contributed by atoms with Crippen molar-refractivity contribution in [1.82, 2.24) is 9.88 Å². The predicted octanol–water partition coefficient (Wildman–Crippen LogP) is 3.79. The van der Waals surface area contributed by atoms with Crippen LogP contribution >= 0.6 is 11.6 Å². The first-order chi connectivity index (χ1) is 10.0. The number of ether oxygens (including phenoxy) is 1. The average molecular weight is 307 g/mol. The number of nitrogens with zero attached hydrogens (tertiary/aromatic N) is 1. The number of benzene rings is 1. The van der Waals surface area contributed by atoms with E-state index in [9.17, 15) is 0 Å². The summed E-state index contributed by atoms with van der Waals surface area (Å²) in [5.74, 6) is 0. The van der Waals surface area contributed by atoms with Crippen molar-refractivity contribution in [3.8, 4) is 5.69 Å². The third kappa shape index (κ3) is 3.67. The highest BCUT2D eigenvalue weighted by molar-refractivity contribution is 6.31. The van der Waals surface area contributed by atoms with E-state index < -0.39 is 0 Å². The van der Waals surface area contributed by atoms with Gasteiger partial charge in [-0.25, -0.2) is 0 Å². The van der Waals surface area contributed by atoms with Crippen molar-refractivity contribution in [3.05, 3.63) is 51.8 Å². The SMILES string of the molecule is COCCNCc1cc(C)n(-c2ccc(C)c(Cl)c2)c1C. The molecule has 21 heavy (non-hydrogen) atoms. The Hall–Kier alpha value is -1.29. The van der Waals surface area contributed by atoms with Crippen molar-refractivity contribution < 1.29 is 4.74 Å². The molecule has 114 valence electrons. The highest BCUT2D eigenvalue weighted by Gasteiger charge is 2.11. The smallest absolute Gasteiger partial charge is 0.0587 e. The van der Waals surface area contributed by atoms with Crippen molar-refractivity contribution in [2.45, 2.75) is 27.3 Å². The van der Waals surface area contributed by atoms with E-state index in [4.69, 9.17) is 16.3 Å². The summed E-state index contributed by atoms with van der Waals surface area (Å²) >= 11 is 6.25. The quantitative estimate of drug-likeness (QED) is 0.822. The van der Waals surface area contributed by atoms with Gasteiger partial charge in [-0.1, -0.05) is 17.7 Å². The lowest BCUT2D eigenvalue weighted by Crippen LogP contribution is -2.18. The first-order valence-electron chi connectivity index (χ1n) is 7.18. The van der Waals surface area contributed by atoms with Crippen LogP contribution in [0.2, 0.25) is 5.02 Å². The summed E-state index contributed by atoms with van der Waals surface area (Å²) in [5, 5.41) is 4.20. The van der Waals surface area contributed by atoms with Gasteiger partial charge >= 0.3 is 0 Å². The Morgan fingerprint density at radius 3 is 2.62 bits per heavy atom. The summed E-state index contributed by atoms with van der Waals surface area (Å²) in [6.07, 6.45) is 0. The van der Waals surface area contributed by atoms with Crippen LogP contribution in [-0.4, -0.2) is 24.8 Å². The maximum atomic E-state index is 6.25. The van der Waals surface area contributed by atoms with Crippen molar-refractivity contribution in [3.63, 3.8) is 0 Å². The van der Waals surface area contributed by atoms with Crippen LogP contribution in [0.25, 0.3) is 5.69 Å². The van der Waals surface area contributed by atoms with Crippen LogP contribution in [0.3, 0.4) is 0 Å². The van der Waals surface area contributed by atoms with E-state index >= 15 is 0 Å². The Balaban J connectivity index is 2.24. The molecule has 1 N–H and O–H groups in total. The van der Waals surface area contributed by atoms with E-state index in [0.29, 0.717) is 0 Å². The maximum Gasteiger partial charge on any atom is 0.0587 e. The lowest BCUT2D eigenvalue weighted by Gasteiger charge is -2.12. The number of hydrogen-bond acceptors (Lipinski definition) is 2. The van der Waals surface area contributed by atoms with Crippen molar-refractivity contribution in [2.24, 2.45) is 0 Å². The van der Waals surface area contributed by atoms with Crippen LogP contribution in [-0.2, 0) is 11.3 Å². The number of aryl methyl sites for hydroxylation is 2. The second-order valence-electron chi connectivity index (χ2n) is 5.33. The molecule has 2 rings (SSSR count). The fourth-order valence-electron chi connectivity index (χ4n) is 2.52. The molecule has 0 fully saturated rings. The van der Waals surface area contributed by atoms with Crippen LogP contribution in [0.5, 0.6) is 0 Å². The number of rotatable bonds is 6. The van der Waals surface area contributed by atoms with Gasteiger partial charge in [0, 0.05) is 42.3 Å². The third-order valence-corrected chi connectivity index (χ3v) is 4.16.